The maximum Gasteiger partial charge on any atom is 0.239 e. The summed E-state index contributed by atoms with van der Waals surface area (Å²) in [7, 11) is 0. The second-order valence-electron chi connectivity index (χ2n) is 2.70. The van der Waals surface area contributed by atoms with Gasteiger partial charge in [0.15, 0.2) is 0 Å². The zero-order valence-electron chi connectivity index (χ0n) is 5.76. The summed E-state index contributed by atoms with van der Waals surface area (Å²) in [5.74, 6) is 0. The summed E-state index contributed by atoms with van der Waals surface area (Å²) in [4.78, 5) is 1.94. The Labute approximate surface area is 59.0 Å². The van der Waals surface area contributed by atoms with E-state index in [1.807, 2.05) is 4.90 Å². The van der Waals surface area contributed by atoms with Crippen LogP contribution in [0.1, 0.15) is 6.42 Å². The smallest absolute Gasteiger partial charge is 0.239 e. The fraction of sp³-hybridized carbons (Fsp3) is 1.00. The normalized spacial score (nSPS) is 21.6. The highest BCUT2D eigenvalue weighted by molar-refractivity contribution is 4.82. The molecule has 4 heteroatoms. The van der Waals surface area contributed by atoms with E-state index in [-0.39, 0.29) is 12.5 Å². The minimum absolute atomic E-state index is 0.0211. The van der Waals surface area contributed by atoms with E-state index in [2.05, 4.69) is 0 Å². The first-order valence-electron chi connectivity index (χ1n) is 3.44. The largest absolute Gasteiger partial charge is 0.325 e. The van der Waals surface area contributed by atoms with Crippen molar-refractivity contribution in [1.29, 1.82) is 0 Å². The van der Waals surface area contributed by atoms with Crippen LogP contribution in [0.5, 0.6) is 0 Å². The quantitative estimate of drug-likeness (QED) is 0.626. The van der Waals surface area contributed by atoms with Crippen molar-refractivity contribution < 1.29 is 8.78 Å². The highest BCUT2D eigenvalue weighted by Crippen LogP contribution is 2.08. The molecule has 0 unspecified atom stereocenters. The fourth-order valence-electron chi connectivity index (χ4n) is 1.07. The number of hydrogen-bond acceptors (Lipinski definition) is 2. The molecule has 0 aromatic heterocycles. The number of likely N-dealkylation sites (tertiary alicyclic amines) is 1. The lowest BCUT2D eigenvalue weighted by molar-refractivity contribution is 0.0867. The van der Waals surface area contributed by atoms with Crippen molar-refractivity contribution in [2.45, 2.75) is 18.9 Å². The van der Waals surface area contributed by atoms with Gasteiger partial charge in [-0.1, -0.05) is 0 Å². The Balaban J connectivity index is 1.95. The van der Waals surface area contributed by atoms with E-state index in [9.17, 15) is 8.78 Å². The summed E-state index contributed by atoms with van der Waals surface area (Å²) in [5, 5.41) is 0. The van der Waals surface area contributed by atoms with Gasteiger partial charge in [0.05, 0.1) is 0 Å². The van der Waals surface area contributed by atoms with Crippen molar-refractivity contribution in [3.8, 4) is 0 Å². The van der Waals surface area contributed by atoms with Crippen LogP contribution in [0.15, 0.2) is 0 Å². The van der Waals surface area contributed by atoms with Crippen LogP contribution in [0.4, 0.5) is 8.78 Å². The summed E-state index contributed by atoms with van der Waals surface area (Å²) in [5.41, 5.74) is 5.45. The third-order valence-electron chi connectivity index (χ3n) is 1.65. The molecule has 0 spiro atoms. The van der Waals surface area contributed by atoms with Gasteiger partial charge in [0.1, 0.15) is 0 Å². The molecule has 0 amide bonds. The molecule has 2 nitrogen and oxygen atoms in total. The van der Waals surface area contributed by atoms with Crippen molar-refractivity contribution in [3.05, 3.63) is 0 Å². The van der Waals surface area contributed by atoms with Gasteiger partial charge in [0.25, 0.3) is 0 Å². The maximum atomic E-state index is 11.6. The monoisotopic (exact) mass is 150 g/mol. The zero-order chi connectivity index (χ0) is 7.56. The lowest BCUT2D eigenvalue weighted by Gasteiger charge is -2.36. The molecule has 0 saturated carbocycles. The molecular weight excluding hydrogens is 138 g/mol. The van der Waals surface area contributed by atoms with E-state index in [0.29, 0.717) is 6.54 Å². The van der Waals surface area contributed by atoms with E-state index < -0.39 is 6.43 Å². The van der Waals surface area contributed by atoms with Gasteiger partial charge in [0.2, 0.25) is 6.43 Å². The van der Waals surface area contributed by atoms with Crippen LogP contribution in [0, 0.1) is 0 Å². The molecular formula is C6H12F2N2. The molecule has 0 bridgehead atoms. The SMILES string of the molecule is NC1CN(CCC(F)F)C1. The third-order valence-corrected chi connectivity index (χ3v) is 1.65. The van der Waals surface area contributed by atoms with Crippen molar-refractivity contribution in [2.75, 3.05) is 19.6 Å². The molecule has 1 fully saturated rings. The van der Waals surface area contributed by atoms with E-state index in [4.69, 9.17) is 5.73 Å². The topological polar surface area (TPSA) is 29.3 Å². The first-order chi connectivity index (χ1) is 4.68. The number of halogens is 2. The highest BCUT2D eigenvalue weighted by Gasteiger charge is 2.22. The number of alkyl halides is 2. The predicted molar refractivity (Wildman–Crippen MR) is 35.0 cm³/mol. The number of nitrogens with two attached hydrogens (primary N) is 1. The van der Waals surface area contributed by atoms with E-state index >= 15 is 0 Å². The molecule has 1 rings (SSSR count). The Bertz CT molecular complexity index is 102. The molecule has 1 aliphatic heterocycles. The minimum atomic E-state index is -2.17. The second kappa shape index (κ2) is 3.25. The predicted octanol–water partition coefficient (Wildman–Crippen LogP) is 0.284. The van der Waals surface area contributed by atoms with Crippen LogP contribution in [0.25, 0.3) is 0 Å². The van der Waals surface area contributed by atoms with Crippen molar-refractivity contribution in [3.63, 3.8) is 0 Å². The number of hydrogen-bond donors (Lipinski definition) is 1. The molecule has 0 atom stereocenters. The molecule has 1 aliphatic rings. The molecule has 1 saturated heterocycles. The summed E-state index contributed by atoms with van der Waals surface area (Å²) in [6, 6.07) is 0.220. The molecule has 0 radical (unpaired) electrons. The Morgan fingerprint density at radius 3 is 2.50 bits per heavy atom. The lowest BCUT2D eigenvalue weighted by Crippen LogP contribution is -2.55. The van der Waals surface area contributed by atoms with Gasteiger partial charge in [-0.15, -0.1) is 0 Å². The molecule has 10 heavy (non-hydrogen) atoms. The van der Waals surface area contributed by atoms with Crippen LogP contribution in [-0.2, 0) is 0 Å². The molecule has 60 valence electrons. The summed E-state index contributed by atoms with van der Waals surface area (Å²) in [6.45, 7) is 2.06. The van der Waals surface area contributed by atoms with Crippen LogP contribution in [0.3, 0.4) is 0 Å². The highest BCUT2D eigenvalue weighted by atomic mass is 19.3. The standard InChI is InChI=1S/C6H12F2N2/c7-6(8)1-2-10-3-5(9)4-10/h5-6H,1-4,9H2. The Morgan fingerprint density at radius 2 is 2.10 bits per heavy atom. The average Bonchev–Trinajstić information content (AvgIpc) is 1.77. The average molecular weight is 150 g/mol. The molecule has 0 aromatic rings. The van der Waals surface area contributed by atoms with Crippen molar-refractivity contribution >= 4 is 0 Å². The summed E-state index contributed by atoms with van der Waals surface area (Å²) >= 11 is 0. The first-order valence-corrected chi connectivity index (χ1v) is 3.44. The van der Waals surface area contributed by atoms with Crippen LogP contribution in [0.2, 0.25) is 0 Å². The van der Waals surface area contributed by atoms with E-state index in [1.165, 1.54) is 0 Å². The number of nitrogens with zero attached hydrogens (tertiary/aromatic N) is 1. The van der Waals surface area contributed by atoms with Gasteiger partial charge in [-0.25, -0.2) is 8.78 Å². The minimum Gasteiger partial charge on any atom is -0.325 e. The third kappa shape index (κ3) is 2.19. The van der Waals surface area contributed by atoms with Crippen molar-refractivity contribution in [1.82, 2.24) is 4.90 Å². The molecule has 2 N–H and O–H groups in total. The van der Waals surface area contributed by atoms with Gasteiger partial charge in [-0.2, -0.15) is 0 Å². The van der Waals surface area contributed by atoms with Gasteiger partial charge >= 0.3 is 0 Å². The van der Waals surface area contributed by atoms with E-state index in [1.54, 1.807) is 0 Å². The summed E-state index contributed by atoms with van der Waals surface area (Å²) < 4.78 is 23.2. The van der Waals surface area contributed by atoms with Gasteiger partial charge in [-0.3, -0.25) is 4.90 Å². The van der Waals surface area contributed by atoms with Gasteiger partial charge < -0.3 is 5.73 Å². The Hall–Kier alpha value is -0.220. The first kappa shape index (κ1) is 7.88. The van der Waals surface area contributed by atoms with Gasteiger partial charge in [0, 0.05) is 32.1 Å². The lowest BCUT2D eigenvalue weighted by atomic mass is 10.1. The number of rotatable bonds is 3. The second-order valence-corrected chi connectivity index (χ2v) is 2.70. The van der Waals surface area contributed by atoms with Crippen LogP contribution in [-0.4, -0.2) is 37.0 Å². The van der Waals surface area contributed by atoms with Crippen molar-refractivity contribution in [2.24, 2.45) is 5.73 Å². The molecule has 0 aromatic carbocycles. The van der Waals surface area contributed by atoms with Crippen LogP contribution >= 0.6 is 0 Å². The van der Waals surface area contributed by atoms with E-state index in [0.717, 1.165) is 13.1 Å². The molecule has 1 heterocycles. The Kier molecular flexibility index (Phi) is 2.56. The fourth-order valence-corrected chi connectivity index (χ4v) is 1.07. The van der Waals surface area contributed by atoms with Gasteiger partial charge in [-0.05, 0) is 0 Å². The van der Waals surface area contributed by atoms with Crippen LogP contribution < -0.4 is 5.73 Å². The Morgan fingerprint density at radius 1 is 1.50 bits per heavy atom. The zero-order valence-corrected chi connectivity index (χ0v) is 5.76. The molecule has 0 aliphatic carbocycles. The maximum absolute atomic E-state index is 11.6. The summed E-state index contributed by atoms with van der Waals surface area (Å²) in [6.07, 6.45) is -2.19.